The van der Waals surface area contributed by atoms with E-state index >= 15 is 0 Å². The number of hydrogen-bond acceptors (Lipinski definition) is 4. The number of rotatable bonds is 3. The maximum Gasteiger partial charge on any atom is 0.260 e. The van der Waals surface area contributed by atoms with Crippen LogP contribution in [-0.2, 0) is 0 Å². The summed E-state index contributed by atoms with van der Waals surface area (Å²) in [7, 11) is 0. The van der Waals surface area contributed by atoms with Gasteiger partial charge in [0, 0.05) is 17.6 Å². The predicted molar refractivity (Wildman–Crippen MR) is 80.1 cm³/mol. The number of amides is 1. The lowest BCUT2D eigenvalue weighted by molar-refractivity contribution is 0.0983. The first-order chi connectivity index (χ1) is 9.81. The van der Waals surface area contributed by atoms with E-state index in [0.717, 1.165) is 27.6 Å². The summed E-state index contributed by atoms with van der Waals surface area (Å²) in [5.74, 6) is 0.728. The molecule has 0 spiro atoms. The molecule has 20 heavy (non-hydrogen) atoms. The lowest BCUT2D eigenvalue weighted by Gasteiger charge is -2.21. The standard InChI is InChI=1S/C15H15N3OS/c16-8-4-10-18-14-13(7-3-9-17-14)20-12-6-2-1-5-11(12)15(18)19/h1-3,5-7,9H,4,8,10,16H2. The Morgan fingerprint density at radius 3 is 2.80 bits per heavy atom. The molecule has 5 heteroatoms. The lowest BCUT2D eigenvalue weighted by atomic mass is 10.2. The van der Waals surface area contributed by atoms with Crippen molar-refractivity contribution in [3.05, 3.63) is 48.2 Å². The van der Waals surface area contributed by atoms with Crippen LogP contribution in [0.5, 0.6) is 0 Å². The maximum absolute atomic E-state index is 12.7. The second-order valence-electron chi connectivity index (χ2n) is 4.52. The van der Waals surface area contributed by atoms with Gasteiger partial charge in [0.15, 0.2) is 0 Å². The fraction of sp³-hybridized carbons (Fsp3) is 0.200. The average molecular weight is 285 g/mol. The van der Waals surface area contributed by atoms with Crippen molar-refractivity contribution in [3.8, 4) is 0 Å². The van der Waals surface area contributed by atoms with E-state index < -0.39 is 0 Å². The monoisotopic (exact) mass is 285 g/mol. The van der Waals surface area contributed by atoms with Gasteiger partial charge in [-0.2, -0.15) is 0 Å². The zero-order valence-electron chi connectivity index (χ0n) is 11.0. The van der Waals surface area contributed by atoms with Gasteiger partial charge >= 0.3 is 0 Å². The Balaban J connectivity index is 2.11. The van der Waals surface area contributed by atoms with Crippen LogP contribution in [0.1, 0.15) is 16.8 Å². The van der Waals surface area contributed by atoms with Crippen LogP contribution in [0.2, 0.25) is 0 Å². The first-order valence-electron chi connectivity index (χ1n) is 6.55. The number of anilines is 1. The molecule has 102 valence electrons. The van der Waals surface area contributed by atoms with Gasteiger partial charge in [-0.05, 0) is 37.2 Å². The van der Waals surface area contributed by atoms with Gasteiger partial charge in [0.2, 0.25) is 0 Å². The number of pyridine rings is 1. The molecule has 0 fully saturated rings. The Hall–Kier alpha value is -1.85. The Morgan fingerprint density at radius 2 is 1.95 bits per heavy atom. The quantitative estimate of drug-likeness (QED) is 0.941. The fourth-order valence-electron chi connectivity index (χ4n) is 2.21. The number of carbonyl (C=O) groups excluding carboxylic acids is 1. The summed E-state index contributed by atoms with van der Waals surface area (Å²) in [6.45, 7) is 1.15. The SMILES string of the molecule is NCCCN1C(=O)c2ccccc2Sc2cccnc21. The third kappa shape index (κ3) is 2.30. The highest BCUT2D eigenvalue weighted by Crippen LogP contribution is 2.39. The highest BCUT2D eigenvalue weighted by atomic mass is 32.2. The van der Waals surface area contributed by atoms with Gasteiger partial charge in [-0.3, -0.25) is 9.69 Å². The molecule has 1 aromatic carbocycles. The van der Waals surface area contributed by atoms with E-state index in [2.05, 4.69) is 4.98 Å². The number of fused-ring (bicyclic) bond motifs is 2. The predicted octanol–water partition coefficient (Wildman–Crippen LogP) is 2.54. The van der Waals surface area contributed by atoms with Gasteiger partial charge in [-0.25, -0.2) is 4.98 Å². The van der Waals surface area contributed by atoms with Crippen molar-refractivity contribution in [1.29, 1.82) is 0 Å². The number of benzene rings is 1. The van der Waals surface area contributed by atoms with E-state index in [1.165, 1.54) is 0 Å². The average Bonchev–Trinajstić information content (AvgIpc) is 2.60. The van der Waals surface area contributed by atoms with E-state index in [0.29, 0.717) is 13.1 Å². The van der Waals surface area contributed by atoms with E-state index in [4.69, 9.17) is 5.73 Å². The highest BCUT2D eigenvalue weighted by molar-refractivity contribution is 7.99. The number of nitrogens with two attached hydrogens (primary N) is 1. The van der Waals surface area contributed by atoms with Gasteiger partial charge < -0.3 is 5.73 Å². The summed E-state index contributed by atoms with van der Waals surface area (Å²) in [5, 5.41) is 0. The van der Waals surface area contributed by atoms with E-state index in [1.54, 1.807) is 22.9 Å². The van der Waals surface area contributed by atoms with Crippen molar-refractivity contribution in [1.82, 2.24) is 4.98 Å². The number of nitrogens with zero attached hydrogens (tertiary/aromatic N) is 2. The van der Waals surface area contributed by atoms with Crippen LogP contribution in [0.25, 0.3) is 0 Å². The highest BCUT2D eigenvalue weighted by Gasteiger charge is 2.27. The second-order valence-corrected chi connectivity index (χ2v) is 5.61. The van der Waals surface area contributed by atoms with Gasteiger partial charge in [-0.15, -0.1) is 0 Å². The zero-order valence-corrected chi connectivity index (χ0v) is 11.8. The summed E-state index contributed by atoms with van der Waals surface area (Å²) in [4.78, 5) is 20.8. The summed E-state index contributed by atoms with van der Waals surface area (Å²) < 4.78 is 0. The van der Waals surface area contributed by atoms with Crippen molar-refractivity contribution in [2.75, 3.05) is 18.0 Å². The van der Waals surface area contributed by atoms with Gasteiger partial charge in [-0.1, -0.05) is 23.9 Å². The second kappa shape index (κ2) is 5.64. The third-order valence-corrected chi connectivity index (χ3v) is 4.29. The summed E-state index contributed by atoms with van der Waals surface area (Å²) in [6.07, 6.45) is 2.48. The molecule has 0 aliphatic carbocycles. The van der Waals surface area contributed by atoms with Crippen molar-refractivity contribution < 1.29 is 4.79 Å². The van der Waals surface area contributed by atoms with Crippen molar-refractivity contribution >= 4 is 23.5 Å². The van der Waals surface area contributed by atoms with Crippen LogP contribution in [-0.4, -0.2) is 24.0 Å². The summed E-state index contributed by atoms with van der Waals surface area (Å²) in [6, 6.07) is 11.6. The maximum atomic E-state index is 12.7. The van der Waals surface area contributed by atoms with Gasteiger partial charge in [0.05, 0.1) is 10.5 Å². The molecule has 1 aliphatic heterocycles. The Labute approximate surface area is 122 Å². The number of hydrogen-bond donors (Lipinski definition) is 1. The van der Waals surface area contributed by atoms with Gasteiger partial charge in [0.1, 0.15) is 5.82 Å². The van der Waals surface area contributed by atoms with Crippen LogP contribution in [0.4, 0.5) is 5.82 Å². The van der Waals surface area contributed by atoms with E-state index in [1.807, 2.05) is 36.4 Å². The molecule has 4 nitrogen and oxygen atoms in total. The van der Waals surface area contributed by atoms with Crippen LogP contribution >= 0.6 is 11.8 Å². The topological polar surface area (TPSA) is 59.2 Å². The Kier molecular flexibility index (Phi) is 3.71. The molecular weight excluding hydrogens is 270 g/mol. The number of aromatic nitrogens is 1. The lowest BCUT2D eigenvalue weighted by Crippen LogP contribution is -2.33. The Bertz CT molecular complexity index is 645. The molecule has 1 aromatic heterocycles. The van der Waals surface area contributed by atoms with Crippen molar-refractivity contribution in [3.63, 3.8) is 0 Å². The van der Waals surface area contributed by atoms with Crippen molar-refractivity contribution in [2.24, 2.45) is 5.73 Å². The molecule has 0 saturated carbocycles. The molecule has 0 bridgehead atoms. The number of carbonyl (C=O) groups is 1. The van der Waals surface area contributed by atoms with E-state index in [9.17, 15) is 4.79 Å². The molecule has 2 aromatic rings. The van der Waals surface area contributed by atoms with Crippen LogP contribution in [0, 0.1) is 0 Å². The first-order valence-corrected chi connectivity index (χ1v) is 7.37. The van der Waals surface area contributed by atoms with Crippen molar-refractivity contribution in [2.45, 2.75) is 16.2 Å². The molecule has 0 unspecified atom stereocenters. The molecule has 0 radical (unpaired) electrons. The molecule has 0 saturated heterocycles. The minimum Gasteiger partial charge on any atom is -0.330 e. The van der Waals surface area contributed by atoms with Gasteiger partial charge in [0.25, 0.3) is 5.91 Å². The largest absolute Gasteiger partial charge is 0.330 e. The Morgan fingerprint density at radius 1 is 1.15 bits per heavy atom. The first kappa shape index (κ1) is 13.1. The fourth-order valence-corrected chi connectivity index (χ4v) is 3.26. The third-order valence-electron chi connectivity index (χ3n) is 3.17. The van der Waals surface area contributed by atoms with E-state index in [-0.39, 0.29) is 5.91 Å². The molecule has 0 atom stereocenters. The van der Waals surface area contributed by atoms with Crippen LogP contribution < -0.4 is 10.6 Å². The van der Waals surface area contributed by atoms with Crippen LogP contribution in [0.3, 0.4) is 0 Å². The summed E-state index contributed by atoms with van der Waals surface area (Å²) in [5.41, 5.74) is 6.31. The van der Waals surface area contributed by atoms with Crippen LogP contribution in [0.15, 0.2) is 52.4 Å². The zero-order chi connectivity index (χ0) is 13.9. The molecule has 1 aliphatic rings. The molecular formula is C15H15N3OS. The molecule has 1 amide bonds. The normalized spacial score (nSPS) is 13.7. The minimum absolute atomic E-state index is 0.000926. The summed E-state index contributed by atoms with van der Waals surface area (Å²) >= 11 is 1.59. The minimum atomic E-state index is -0.000926. The smallest absolute Gasteiger partial charge is 0.260 e. The molecule has 3 rings (SSSR count). The molecule has 2 N–H and O–H groups in total. The molecule has 2 heterocycles.